The molecule has 0 aliphatic rings. The molecule has 0 saturated carbocycles. The van der Waals surface area contributed by atoms with Gasteiger partial charge >= 0.3 is 0 Å². The standard InChI is InChI=1S/C28H25N3OS/c1-3-6-27-26(28(32)31(19(2)30-27)23-13-15-24(33)16-14-23)17-20-9-11-21(12-10-20)25-8-5-4-7-22(25)18-29/h4-5,7-16,33H,3,6,17H2,1-2H3. The second-order valence-electron chi connectivity index (χ2n) is 8.02. The maximum absolute atomic E-state index is 13.6. The van der Waals surface area contributed by atoms with Crippen molar-refractivity contribution in [1.29, 1.82) is 5.26 Å². The van der Waals surface area contributed by atoms with E-state index in [0.717, 1.165) is 51.4 Å². The first kappa shape index (κ1) is 22.6. The molecule has 0 radical (unpaired) electrons. The molecule has 0 aliphatic heterocycles. The number of rotatable bonds is 6. The van der Waals surface area contributed by atoms with Gasteiger partial charge in [-0.25, -0.2) is 4.98 Å². The molecule has 5 heteroatoms. The maximum Gasteiger partial charge on any atom is 0.261 e. The summed E-state index contributed by atoms with van der Waals surface area (Å²) in [5.41, 5.74) is 5.91. The average Bonchev–Trinajstić information content (AvgIpc) is 2.83. The van der Waals surface area contributed by atoms with Crippen LogP contribution in [0.5, 0.6) is 0 Å². The summed E-state index contributed by atoms with van der Waals surface area (Å²) in [4.78, 5) is 19.3. The van der Waals surface area contributed by atoms with Crippen LogP contribution in [0, 0.1) is 18.3 Å². The number of thiol groups is 1. The fraction of sp³-hybridized carbons (Fsp3) is 0.179. The van der Waals surface area contributed by atoms with E-state index in [2.05, 4.69) is 25.6 Å². The van der Waals surface area contributed by atoms with Crippen molar-refractivity contribution in [1.82, 2.24) is 9.55 Å². The minimum absolute atomic E-state index is 0.0308. The van der Waals surface area contributed by atoms with Crippen molar-refractivity contribution in [2.75, 3.05) is 0 Å². The Morgan fingerprint density at radius 3 is 2.36 bits per heavy atom. The van der Waals surface area contributed by atoms with Crippen LogP contribution in [0.2, 0.25) is 0 Å². The highest BCUT2D eigenvalue weighted by Crippen LogP contribution is 2.24. The Morgan fingerprint density at radius 1 is 1.00 bits per heavy atom. The zero-order valence-corrected chi connectivity index (χ0v) is 19.6. The summed E-state index contributed by atoms with van der Waals surface area (Å²) in [6, 6.07) is 25.4. The first-order chi connectivity index (χ1) is 16.0. The highest BCUT2D eigenvalue weighted by atomic mass is 32.1. The summed E-state index contributed by atoms with van der Waals surface area (Å²) in [6.45, 7) is 3.97. The Bertz CT molecular complexity index is 1380. The number of hydrogen-bond acceptors (Lipinski definition) is 4. The number of nitriles is 1. The van der Waals surface area contributed by atoms with Crippen molar-refractivity contribution in [3.63, 3.8) is 0 Å². The molecule has 0 unspecified atom stereocenters. The van der Waals surface area contributed by atoms with Crippen LogP contribution >= 0.6 is 12.6 Å². The van der Waals surface area contributed by atoms with Crippen LogP contribution in [0.1, 0.15) is 41.6 Å². The summed E-state index contributed by atoms with van der Waals surface area (Å²) in [7, 11) is 0. The van der Waals surface area contributed by atoms with Gasteiger partial charge in [0.1, 0.15) is 5.82 Å². The minimum atomic E-state index is -0.0308. The number of aryl methyl sites for hydroxylation is 2. The molecule has 3 aromatic carbocycles. The Kier molecular flexibility index (Phi) is 6.76. The van der Waals surface area contributed by atoms with Crippen molar-refractivity contribution < 1.29 is 0 Å². The van der Waals surface area contributed by atoms with E-state index in [1.807, 2.05) is 79.7 Å². The molecule has 4 rings (SSSR count). The number of hydrogen-bond donors (Lipinski definition) is 1. The predicted molar refractivity (Wildman–Crippen MR) is 135 cm³/mol. The zero-order valence-electron chi connectivity index (χ0n) is 18.7. The summed E-state index contributed by atoms with van der Waals surface area (Å²) >= 11 is 4.35. The molecule has 33 heavy (non-hydrogen) atoms. The van der Waals surface area contributed by atoms with Crippen molar-refractivity contribution >= 4 is 12.6 Å². The summed E-state index contributed by atoms with van der Waals surface area (Å²) in [5.74, 6) is 0.683. The van der Waals surface area contributed by atoms with Gasteiger partial charge in [-0.05, 0) is 60.4 Å². The molecule has 4 aromatic rings. The van der Waals surface area contributed by atoms with Gasteiger partial charge in [0.2, 0.25) is 0 Å². The molecule has 164 valence electrons. The molecule has 0 atom stereocenters. The van der Waals surface area contributed by atoms with Crippen LogP contribution in [0.3, 0.4) is 0 Å². The lowest BCUT2D eigenvalue weighted by Crippen LogP contribution is -2.28. The lowest BCUT2D eigenvalue weighted by molar-refractivity contribution is 0.774. The number of benzene rings is 3. The van der Waals surface area contributed by atoms with E-state index in [0.29, 0.717) is 17.8 Å². The van der Waals surface area contributed by atoms with E-state index in [9.17, 15) is 10.1 Å². The Morgan fingerprint density at radius 2 is 1.70 bits per heavy atom. The van der Waals surface area contributed by atoms with Gasteiger partial charge in [-0.1, -0.05) is 55.8 Å². The van der Waals surface area contributed by atoms with Crippen LogP contribution in [0.25, 0.3) is 16.8 Å². The molecule has 0 amide bonds. The van der Waals surface area contributed by atoms with Crippen molar-refractivity contribution in [2.45, 2.75) is 38.0 Å². The third-order valence-corrected chi connectivity index (χ3v) is 6.02. The fourth-order valence-electron chi connectivity index (χ4n) is 4.08. The molecular weight excluding hydrogens is 426 g/mol. The lowest BCUT2D eigenvalue weighted by atomic mass is 9.97. The van der Waals surface area contributed by atoms with E-state index >= 15 is 0 Å². The van der Waals surface area contributed by atoms with E-state index in [1.165, 1.54) is 0 Å². The average molecular weight is 452 g/mol. The molecule has 0 bridgehead atoms. The second kappa shape index (κ2) is 9.89. The van der Waals surface area contributed by atoms with Crippen molar-refractivity contribution in [3.8, 4) is 22.9 Å². The van der Waals surface area contributed by atoms with Crippen LogP contribution < -0.4 is 5.56 Å². The summed E-state index contributed by atoms with van der Waals surface area (Å²) < 4.78 is 1.68. The molecule has 4 nitrogen and oxygen atoms in total. The van der Waals surface area contributed by atoms with E-state index in [1.54, 1.807) is 4.57 Å². The maximum atomic E-state index is 13.6. The van der Waals surface area contributed by atoms with E-state index in [4.69, 9.17) is 4.98 Å². The first-order valence-corrected chi connectivity index (χ1v) is 11.5. The van der Waals surface area contributed by atoms with Gasteiger partial charge in [-0.2, -0.15) is 5.26 Å². The number of aromatic nitrogens is 2. The van der Waals surface area contributed by atoms with Crippen LogP contribution in [0.4, 0.5) is 0 Å². The molecule has 1 heterocycles. The Hall–Kier alpha value is -3.62. The van der Waals surface area contributed by atoms with Gasteiger partial charge in [-0.15, -0.1) is 12.6 Å². The third-order valence-electron chi connectivity index (χ3n) is 5.72. The van der Waals surface area contributed by atoms with Crippen LogP contribution in [0.15, 0.2) is 82.5 Å². The quantitative estimate of drug-likeness (QED) is 0.371. The smallest absolute Gasteiger partial charge is 0.261 e. The van der Waals surface area contributed by atoms with Crippen molar-refractivity contribution in [3.05, 3.63) is 111 Å². The van der Waals surface area contributed by atoms with E-state index < -0.39 is 0 Å². The van der Waals surface area contributed by atoms with Crippen LogP contribution in [-0.2, 0) is 12.8 Å². The SMILES string of the molecule is CCCc1nc(C)n(-c2ccc(S)cc2)c(=O)c1Cc1ccc(-c2ccccc2C#N)cc1. The number of nitrogens with zero attached hydrogens (tertiary/aromatic N) is 3. The highest BCUT2D eigenvalue weighted by molar-refractivity contribution is 7.80. The normalized spacial score (nSPS) is 10.7. The Balaban J connectivity index is 1.74. The van der Waals surface area contributed by atoms with Gasteiger partial charge in [0.05, 0.1) is 23.0 Å². The topological polar surface area (TPSA) is 58.7 Å². The molecule has 0 fully saturated rings. The summed E-state index contributed by atoms with van der Waals surface area (Å²) in [6.07, 6.45) is 2.18. The van der Waals surface area contributed by atoms with Crippen molar-refractivity contribution in [2.24, 2.45) is 0 Å². The molecule has 0 saturated heterocycles. The highest BCUT2D eigenvalue weighted by Gasteiger charge is 2.16. The van der Waals surface area contributed by atoms with Crippen LogP contribution in [-0.4, -0.2) is 9.55 Å². The largest absolute Gasteiger partial charge is 0.269 e. The molecule has 0 N–H and O–H groups in total. The van der Waals surface area contributed by atoms with Gasteiger partial charge < -0.3 is 0 Å². The summed E-state index contributed by atoms with van der Waals surface area (Å²) in [5, 5.41) is 9.40. The zero-order chi connectivity index (χ0) is 23.4. The van der Waals surface area contributed by atoms with Gasteiger partial charge in [0, 0.05) is 16.9 Å². The molecular formula is C28H25N3OS. The van der Waals surface area contributed by atoms with Gasteiger partial charge in [0.25, 0.3) is 5.56 Å². The monoisotopic (exact) mass is 451 g/mol. The van der Waals surface area contributed by atoms with Gasteiger partial charge in [-0.3, -0.25) is 9.36 Å². The lowest BCUT2D eigenvalue weighted by Gasteiger charge is -2.16. The molecule has 1 aromatic heterocycles. The Labute approximate surface area is 199 Å². The van der Waals surface area contributed by atoms with E-state index in [-0.39, 0.29) is 5.56 Å². The predicted octanol–water partition coefficient (Wildman–Crippen LogP) is 5.91. The first-order valence-electron chi connectivity index (χ1n) is 11.0. The fourth-order valence-corrected chi connectivity index (χ4v) is 4.23. The third kappa shape index (κ3) is 4.76. The molecule has 0 spiro atoms. The second-order valence-corrected chi connectivity index (χ2v) is 8.54. The van der Waals surface area contributed by atoms with Gasteiger partial charge in [0.15, 0.2) is 0 Å². The minimum Gasteiger partial charge on any atom is -0.269 e. The molecule has 0 aliphatic carbocycles.